The van der Waals surface area contributed by atoms with E-state index in [1.165, 1.54) is 0 Å². The van der Waals surface area contributed by atoms with Crippen molar-refractivity contribution in [3.8, 4) is 5.75 Å². The molecule has 0 aliphatic rings. The molecule has 1 aromatic heterocycles. The standard InChI is InChI=1S/C13H15N3O3/c1-9-6-16-13(19-9)7-15-12(17)8-18-11-5-3-2-4-10(11)14/h2-6H,7-8,14H2,1H3,(H,15,17). The summed E-state index contributed by atoms with van der Waals surface area (Å²) in [4.78, 5) is 15.5. The zero-order chi connectivity index (χ0) is 13.7. The van der Waals surface area contributed by atoms with Gasteiger partial charge in [-0.2, -0.15) is 0 Å². The largest absolute Gasteiger partial charge is 0.482 e. The summed E-state index contributed by atoms with van der Waals surface area (Å²) in [6.07, 6.45) is 1.60. The van der Waals surface area contributed by atoms with Crippen LogP contribution in [0.5, 0.6) is 5.75 Å². The van der Waals surface area contributed by atoms with Gasteiger partial charge in [0.25, 0.3) is 5.91 Å². The number of carbonyl (C=O) groups is 1. The average Bonchev–Trinajstić information content (AvgIpc) is 2.81. The number of para-hydroxylation sites is 2. The molecule has 19 heavy (non-hydrogen) atoms. The van der Waals surface area contributed by atoms with Gasteiger partial charge in [0.1, 0.15) is 11.5 Å². The molecule has 6 heteroatoms. The quantitative estimate of drug-likeness (QED) is 0.791. The molecule has 0 spiro atoms. The second-order valence-corrected chi connectivity index (χ2v) is 3.97. The van der Waals surface area contributed by atoms with Crippen LogP contribution in [-0.2, 0) is 11.3 Å². The Labute approximate surface area is 110 Å². The number of rotatable bonds is 5. The highest BCUT2D eigenvalue weighted by Gasteiger charge is 2.06. The van der Waals surface area contributed by atoms with E-state index in [0.29, 0.717) is 23.1 Å². The number of anilines is 1. The van der Waals surface area contributed by atoms with Crippen molar-refractivity contribution < 1.29 is 13.9 Å². The lowest BCUT2D eigenvalue weighted by molar-refractivity contribution is -0.123. The first kappa shape index (κ1) is 12.9. The Morgan fingerprint density at radius 1 is 1.47 bits per heavy atom. The minimum Gasteiger partial charge on any atom is -0.482 e. The predicted molar refractivity (Wildman–Crippen MR) is 69.4 cm³/mol. The van der Waals surface area contributed by atoms with Crippen molar-refractivity contribution >= 4 is 11.6 Å². The molecule has 6 nitrogen and oxygen atoms in total. The highest BCUT2D eigenvalue weighted by molar-refractivity contribution is 5.77. The topological polar surface area (TPSA) is 90.4 Å². The lowest BCUT2D eigenvalue weighted by Crippen LogP contribution is -2.28. The van der Waals surface area contributed by atoms with E-state index in [0.717, 1.165) is 0 Å². The van der Waals surface area contributed by atoms with Gasteiger partial charge in [0, 0.05) is 0 Å². The molecule has 2 rings (SSSR count). The van der Waals surface area contributed by atoms with E-state index in [-0.39, 0.29) is 19.1 Å². The second-order valence-electron chi connectivity index (χ2n) is 3.97. The number of carbonyl (C=O) groups excluding carboxylic acids is 1. The van der Waals surface area contributed by atoms with E-state index in [1.807, 2.05) is 0 Å². The predicted octanol–water partition coefficient (Wildman–Crippen LogP) is 1.26. The van der Waals surface area contributed by atoms with E-state index in [9.17, 15) is 4.79 Å². The van der Waals surface area contributed by atoms with Crippen LogP contribution in [0.4, 0.5) is 5.69 Å². The molecule has 1 amide bonds. The first-order valence-corrected chi connectivity index (χ1v) is 5.80. The number of nitrogens with two attached hydrogens (primary N) is 1. The fourth-order valence-electron chi connectivity index (χ4n) is 1.46. The van der Waals surface area contributed by atoms with Crippen LogP contribution < -0.4 is 15.8 Å². The van der Waals surface area contributed by atoms with Gasteiger partial charge in [0.15, 0.2) is 6.61 Å². The minimum atomic E-state index is -0.265. The fourth-order valence-corrected chi connectivity index (χ4v) is 1.46. The van der Waals surface area contributed by atoms with Gasteiger partial charge in [0.2, 0.25) is 5.89 Å². The molecule has 0 unspecified atom stereocenters. The number of oxazole rings is 1. The van der Waals surface area contributed by atoms with Gasteiger partial charge >= 0.3 is 0 Å². The number of hydrogen-bond donors (Lipinski definition) is 2. The molecule has 2 aromatic rings. The van der Waals surface area contributed by atoms with E-state index in [4.69, 9.17) is 14.9 Å². The molecule has 1 heterocycles. The molecule has 0 saturated heterocycles. The third-order valence-electron chi connectivity index (χ3n) is 2.38. The maximum Gasteiger partial charge on any atom is 0.258 e. The van der Waals surface area contributed by atoms with Crippen LogP contribution in [0, 0.1) is 6.92 Å². The summed E-state index contributed by atoms with van der Waals surface area (Å²) in [5.74, 6) is 1.39. The summed E-state index contributed by atoms with van der Waals surface area (Å²) in [6, 6.07) is 7.01. The number of aryl methyl sites for hydroxylation is 1. The summed E-state index contributed by atoms with van der Waals surface area (Å²) in [5, 5.41) is 2.64. The molecule has 0 aliphatic heterocycles. The van der Waals surface area contributed by atoms with Crippen molar-refractivity contribution in [2.24, 2.45) is 0 Å². The Kier molecular flexibility index (Phi) is 4.02. The summed E-state index contributed by atoms with van der Waals surface area (Å²) < 4.78 is 10.5. The van der Waals surface area contributed by atoms with Crippen LogP contribution in [0.2, 0.25) is 0 Å². The first-order valence-electron chi connectivity index (χ1n) is 5.80. The SMILES string of the molecule is Cc1cnc(CNC(=O)COc2ccccc2N)o1. The van der Waals surface area contributed by atoms with Crippen molar-refractivity contribution in [3.63, 3.8) is 0 Å². The number of ether oxygens (including phenoxy) is 1. The van der Waals surface area contributed by atoms with Crippen molar-refractivity contribution in [1.29, 1.82) is 0 Å². The maximum atomic E-state index is 11.6. The fraction of sp³-hybridized carbons (Fsp3) is 0.231. The number of nitrogens with zero attached hydrogens (tertiary/aromatic N) is 1. The van der Waals surface area contributed by atoms with Crippen LogP contribution in [0.1, 0.15) is 11.7 Å². The van der Waals surface area contributed by atoms with Crippen LogP contribution in [0.15, 0.2) is 34.9 Å². The molecule has 3 N–H and O–H groups in total. The molecular formula is C13H15N3O3. The Morgan fingerprint density at radius 3 is 2.95 bits per heavy atom. The van der Waals surface area contributed by atoms with Crippen LogP contribution in [-0.4, -0.2) is 17.5 Å². The highest BCUT2D eigenvalue weighted by atomic mass is 16.5. The molecule has 0 radical (unpaired) electrons. The first-order chi connectivity index (χ1) is 9.15. The molecule has 0 saturated carbocycles. The van der Waals surface area contributed by atoms with Gasteiger partial charge in [-0.3, -0.25) is 4.79 Å². The van der Waals surface area contributed by atoms with E-state index in [1.54, 1.807) is 37.4 Å². The van der Waals surface area contributed by atoms with Gasteiger partial charge in [0.05, 0.1) is 18.4 Å². The van der Waals surface area contributed by atoms with Crippen molar-refractivity contribution in [2.75, 3.05) is 12.3 Å². The minimum absolute atomic E-state index is 0.103. The van der Waals surface area contributed by atoms with Crippen molar-refractivity contribution in [1.82, 2.24) is 10.3 Å². The third-order valence-corrected chi connectivity index (χ3v) is 2.38. The summed E-state index contributed by atoms with van der Waals surface area (Å²) in [7, 11) is 0. The van der Waals surface area contributed by atoms with E-state index in [2.05, 4.69) is 10.3 Å². The number of nitrogens with one attached hydrogen (secondary N) is 1. The number of hydrogen-bond acceptors (Lipinski definition) is 5. The number of aromatic nitrogens is 1. The Hall–Kier alpha value is -2.50. The summed E-state index contributed by atoms with van der Waals surface area (Å²) in [6.45, 7) is 1.92. The highest BCUT2D eigenvalue weighted by Crippen LogP contribution is 2.19. The Morgan fingerprint density at radius 2 is 2.26 bits per heavy atom. The summed E-state index contributed by atoms with van der Waals surface area (Å²) in [5.41, 5.74) is 6.19. The van der Waals surface area contributed by atoms with Gasteiger partial charge in [-0.05, 0) is 19.1 Å². The molecule has 0 fully saturated rings. The molecule has 1 aromatic carbocycles. The molecule has 100 valence electrons. The molecular weight excluding hydrogens is 246 g/mol. The van der Waals surface area contributed by atoms with Crippen LogP contribution in [0.25, 0.3) is 0 Å². The normalized spacial score (nSPS) is 10.2. The zero-order valence-electron chi connectivity index (χ0n) is 10.6. The van der Waals surface area contributed by atoms with Crippen molar-refractivity contribution in [2.45, 2.75) is 13.5 Å². The Balaban J connectivity index is 1.77. The van der Waals surface area contributed by atoms with Gasteiger partial charge < -0.3 is 20.2 Å². The van der Waals surface area contributed by atoms with Gasteiger partial charge in [-0.1, -0.05) is 12.1 Å². The number of nitrogen functional groups attached to an aromatic ring is 1. The second kappa shape index (κ2) is 5.90. The van der Waals surface area contributed by atoms with E-state index >= 15 is 0 Å². The zero-order valence-corrected chi connectivity index (χ0v) is 10.6. The van der Waals surface area contributed by atoms with E-state index < -0.39 is 0 Å². The molecule has 0 bridgehead atoms. The lowest BCUT2D eigenvalue weighted by atomic mass is 10.3. The molecule has 0 atom stereocenters. The third kappa shape index (κ3) is 3.74. The maximum absolute atomic E-state index is 11.6. The lowest BCUT2D eigenvalue weighted by Gasteiger charge is -2.08. The monoisotopic (exact) mass is 261 g/mol. The molecule has 0 aliphatic carbocycles. The number of amides is 1. The van der Waals surface area contributed by atoms with Crippen LogP contribution >= 0.6 is 0 Å². The summed E-state index contributed by atoms with van der Waals surface area (Å²) >= 11 is 0. The smallest absolute Gasteiger partial charge is 0.258 e. The number of benzene rings is 1. The Bertz CT molecular complexity index is 566. The van der Waals surface area contributed by atoms with Crippen molar-refractivity contribution in [3.05, 3.63) is 42.1 Å². The van der Waals surface area contributed by atoms with Gasteiger partial charge in [-0.25, -0.2) is 4.98 Å². The average molecular weight is 261 g/mol. The van der Waals surface area contributed by atoms with Gasteiger partial charge in [-0.15, -0.1) is 0 Å². The van der Waals surface area contributed by atoms with Crippen LogP contribution in [0.3, 0.4) is 0 Å².